The Morgan fingerprint density at radius 3 is 2.53 bits per heavy atom. The molecule has 0 fully saturated rings. The molecule has 0 radical (unpaired) electrons. The highest BCUT2D eigenvalue weighted by Crippen LogP contribution is 2.19. The largest absolute Gasteiger partial charge is 0.497 e. The van der Waals surface area contributed by atoms with Crippen LogP contribution in [-0.2, 0) is 11.2 Å². The fourth-order valence-electron chi connectivity index (χ4n) is 1.77. The maximum absolute atomic E-state index is 11.9. The Kier molecular flexibility index (Phi) is 3.85. The summed E-state index contributed by atoms with van der Waals surface area (Å²) >= 11 is 0. The first-order valence-corrected chi connectivity index (χ1v) is 5.96. The number of nitrogens with zero attached hydrogens (tertiary/aromatic N) is 1. The zero-order valence-corrected chi connectivity index (χ0v) is 11.2. The van der Waals surface area contributed by atoms with E-state index in [1.54, 1.807) is 21.0 Å². The van der Waals surface area contributed by atoms with Gasteiger partial charge in [0.1, 0.15) is 17.1 Å². The van der Waals surface area contributed by atoms with Crippen molar-refractivity contribution in [2.24, 2.45) is 0 Å². The second-order valence-corrected chi connectivity index (χ2v) is 4.27. The van der Waals surface area contributed by atoms with E-state index in [2.05, 4.69) is 10.5 Å². The Morgan fingerprint density at radius 1 is 1.32 bits per heavy atom. The second kappa shape index (κ2) is 5.56. The summed E-state index contributed by atoms with van der Waals surface area (Å²) in [7, 11) is 1.61. The molecule has 0 aliphatic heterocycles. The molecule has 0 spiro atoms. The van der Waals surface area contributed by atoms with Gasteiger partial charge in [-0.05, 0) is 31.5 Å². The number of carbonyl (C=O) groups excluding carboxylic acids is 1. The summed E-state index contributed by atoms with van der Waals surface area (Å²) in [6.45, 7) is 3.56. The van der Waals surface area contributed by atoms with Gasteiger partial charge in [-0.15, -0.1) is 0 Å². The first-order chi connectivity index (χ1) is 9.10. The number of hydrogen-bond donors (Lipinski definition) is 1. The third kappa shape index (κ3) is 3.13. The van der Waals surface area contributed by atoms with Crippen LogP contribution >= 0.6 is 0 Å². The zero-order chi connectivity index (χ0) is 13.8. The van der Waals surface area contributed by atoms with E-state index in [0.29, 0.717) is 23.6 Å². The molecule has 0 aliphatic carbocycles. The number of nitrogens with one attached hydrogen (secondary N) is 1. The quantitative estimate of drug-likeness (QED) is 0.917. The zero-order valence-electron chi connectivity index (χ0n) is 11.2. The SMILES string of the molecule is COc1ccc(CC(=O)Nc2c(C)noc2C)cc1. The predicted molar refractivity (Wildman–Crippen MR) is 71.3 cm³/mol. The van der Waals surface area contributed by atoms with Crippen molar-refractivity contribution in [2.75, 3.05) is 12.4 Å². The fraction of sp³-hybridized carbons (Fsp3) is 0.286. The lowest BCUT2D eigenvalue weighted by Gasteiger charge is -2.05. The van der Waals surface area contributed by atoms with Crippen LogP contribution in [0.3, 0.4) is 0 Å². The van der Waals surface area contributed by atoms with E-state index in [9.17, 15) is 4.79 Å². The Balaban J connectivity index is 2.01. The number of rotatable bonds is 4. The van der Waals surface area contributed by atoms with Gasteiger partial charge >= 0.3 is 0 Å². The van der Waals surface area contributed by atoms with Crippen LogP contribution in [-0.4, -0.2) is 18.2 Å². The lowest BCUT2D eigenvalue weighted by molar-refractivity contribution is -0.115. The van der Waals surface area contributed by atoms with Crippen LogP contribution in [0.25, 0.3) is 0 Å². The van der Waals surface area contributed by atoms with Crippen LogP contribution in [0.5, 0.6) is 5.75 Å². The standard InChI is InChI=1S/C14H16N2O3/c1-9-14(10(2)19-16-9)15-13(17)8-11-4-6-12(18-3)7-5-11/h4-7H,8H2,1-3H3,(H,15,17). The van der Waals surface area contributed by atoms with Crippen molar-refractivity contribution < 1.29 is 14.1 Å². The van der Waals surface area contributed by atoms with Crippen LogP contribution in [0.2, 0.25) is 0 Å². The van der Waals surface area contributed by atoms with Gasteiger partial charge < -0.3 is 14.6 Å². The molecule has 0 bridgehead atoms. The molecule has 0 saturated carbocycles. The molecule has 0 saturated heterocycles. The number of aromatic nitrogens is 1. The Morgan fingerprint density at radius 2 is 2.00 bits per heavy atom. The number of amides is 1. The molecule has 0 atom stereocenters. The maximum Gasteiger partial charge on any atom is 0.228 e. The highest BCUT2D eigenvalue weighted by atomic mass is 16.5. The molecule has 2 aromatic rings. The first-order valence-electron chi connectivity index (χ1n) is 5.96. The molecule has 1 heterocycles. The number of anilines is 1. The molecular formula is C14H16N2O3. The summed E-state index contributed by atoms with van der Waals surface area (Å²) in [5.41, 5.74) is 2.25. The van der Waals surface area contributed by atoms with Crippen molar-refractivity contribution in [3.63, 3.8) is 0 Å². The van der Waals surface area contributed by atoms with Gasteiger partial charge in [-0.3, -0.25) is 4.79 Å². The van der Waals surface area contributed by atoms with E-state index in [1.165, 1.54) is 0 Å². The topological polar surface area (TPSA) is 64.4 Å². The van der Waals surface area contributed by atoms with Gasteiger partial charge in [-0.25, -0.2) is 0 Å². The van der Waals surface area contributed by atoms with Crippen molar-refractivity contribution in [3.8, 4) is 5.75 Å². The Hall–Kier alpha value is -2.30. The molecule has 1 N–H and O–H groups in total. The lowest BCUT2D eigenvalue weighted by Crippen LogP contribution is -2.15. The molecule has 1 amide bonds. The normalized spacial score (nSPS) is 10.3. The van der Waals surface area contributed by atoms with Crippen molar-refractivity contribution in [1.82, 2.24) is 5.16 Å². The second-order valence-electron chi connectivity index (χ2n) is 4.27. The lowest BCUT2D eigenvalue weighted by atomic mass is 10.1. The first kappa shape index (κ1) is 13.1. The van der Waals surface area contributed by atoms with Gasteiger partial charge in [0.2, 0.25) is 5.91 Å². The molecule has 0 aliphatic rings. The molecule has 1 aromatic heterocycles. The van der Waals surface area contributed by atoms with E-state index >= 15 is 0 Å². The van der Waals surface area contributed by atoms with E-state index < -0.39 is 0 Å². The maximum atomic E-state index is 11.9. The number of hydrogen-bond acceptors (Lipinski definition) is 4. The van der Waals surface area contributed by atoms with Crippen LogP contribution in [0.4, 0.5) is 5.69 Å². The van der Waals surface area contributed by atoms with Gasteiger partial charge in [0.25, 0.3) is 0 Å². The smallest absolute Gasteiger partial charge is 0.228 e. The molecule has 5 heteroatoms. The molecule has 5 nitrogen and oxygen atoms in total. The van der Waals surface area contributed by atoms with Gasteiger partial charge in [0.05, 0.1) is 13.5 Å². The van der Waals surface area contributed by atoms with Crippen molar-refractivity contribution in [1.29, 1.82) is 0 Å². The van der Waals surface area contributed by atoms with Gasteiger partial charge in [-0.2, -0.15) is 0 Å². The summed E-state index contributed by atoms with van der Waals surface area (Å²) in [5.74, 6) is 1.29. The van der Waals surface area contributed by atoms with Gasteiger partial charge in [0, 0.05) is 0 Å². The fourth-order valence-corrected chi connectivity index (χ4v) is 1.77. The summed E-state index contributed by atoms with van der Waals surface area (Å²) in [6.07, 6.45) is 0.300. The van der Waals surface area contributed by atoms with Crippen molar-refractivity contribution in [2.45, 2.75) is 20.3 Å². The molecule has 0 unspecified atom stereocenters. The summed E-state index contributed by atoms with van der Waals surface area (Å²) in [6, 6.07) is 7.40. The number of methoxy groups -OCH3 is 1. The molecule has 2 rings (SSSR count). The molecule has 100 valence electrons. The monoisotopic (exact) mass is 260 g/mol. The van der Waals surface area contributed by atoms with E-state index in [0.717, 1.165) is 11.3 Å². The van der Waals surface area contributed by atoms with Crippen LogP contribution in [0, 0.1) is 13.8 Å². The Labute approximate surface area is 111 Å². The average molecular weight is 260 g/mol. The summed E-state index contributed by atoms with van der Waals surface area (Å²) in [4.78, 5) is 11.9. The van der Waals surface area contributed by atoms with Crippen LogP contribution in [0.1, 0.15) is 17.0 Å². The third-order valence-electron chi connectivity index (χ3n) is 2.82. The minimum Gasteiger partial charge on any atom is -0.497 e. The van der Waals surface area contributed by atoms with Crippen LogP contribution in [0.15, 0.2) is 28.8 Å². The van der Waals surface area contributed by atoms with Crippen molar-refractivity contribution >= 4 is 11.6 Å². The minimum absolute atomic E-state index is 0.0976. The molecule has 1 aromatic carbocycles. The van der Waals surface area contributed by atoms with E-state index in [4.69, 9.17) is 9.26 Å². The van der Waals surface area contributed by atoms with Gasteiger partial charge in [0.15, 0.2) is 5.76 Å². The number of ether oxygens (including phenoxy) is 1. The number of benzene rings is 1. The number of carbonyl (C=O) groups is 1. The minimum atomic E-state index is -0.0976. The van der Waals surface area contributed by atoms with Crippen molar-refractivity contribution in [3.05, 3.63) is 41.3 Å². The summed E-state index contributed by atoms with van der Waals surface area (Å²) in [5, 5.41) is 6.60. The van der Waals surface area contributed by atoms with Gasteiger partial charge in [-0.1, -0.05) is 17.3 Å². The average Bonchev–Trinajstić information content (AvgIpc) is 2.71. The predicted octanol–water partition coefficient (Wildman–Crippen LogP) is 2.48. The Bertz CT molecular complexity index is 553. The van der Waals surface area contributed by atoms with Crippen LogP contribution < -0.4 is 10.1 Å². The molecular weight excluding hydrogens is 244 g/mol. The highest BCUT2D eigenvalue weighted by molar-refractivity contribution is 5.93. The third-order valence-corrected chi connectivity index (χ3v) is 2.82. The summed E-state index contributed by atoms with van der Waals surface area (Å²) < 4.78 is 10.1. The number of aryl methyl sites for hydroxylation is 2. The van der Waals surface area contributed by atoms with E-state index in [1.807, 2.05) is 24.3 Å². The van der Waals surface area contributed by atoms with E-state index in [-0.39, 0.29) is 5.91 Å². The molecule has 19 heavy (non-hydrogen) atoms. The highest BCUT2D eigenvalue weighted by Gasteiger charge is 2.12.